The predicted molar refractivity (Wildman–Crippen MR) is 274 cm³/mol. The minimum Gasteiger partial charge on any atom is -0.456 e. The maximum absolute atomic E-state index is 7.15. The van der Waals surface area contributed by atoms with Gasteiger partial charge in [-0.15, -0.1) is 0 Å². The third kappa shape index (κ3) is 6.47. The minimum absolute atomic E-state index is 0.561. The van der Waals surface area contributed by atoms with Crippen molar-refractivity contribution in [2.45, 2.75) is 19.3 Å². The Morgan fingerprint density at radius 1 is 0.621 bits per heavy atom. The number of fused-ring (bicyclic) bond motifs is 13. The van der Waals surface area contributed by atoms with Crippen LogP contribution in [0.1, 0.15) is 52.9 Å². The Labute approximate surface area is 384 Å². The van der Waals surface area contributed by atoms with Gasteiger partial charge in [0, 0.05) is 45.3 Å². The number of rotatable bonds is 9. The van der Waals surface area contributed by atoms with Crippen molar-refractivity contribution in [1.29, 1.82) is 0 Å². The molecule has 0 saturated heterocycles. The molecule has 0 bridgehead atoms. The van der Waals surface area contributed by atoms with Crippen molar-refractivity contribution in [3.63, 3.8) is 0 Å². The van der Waals surface area contributed by atoms with E-state index < -0.39 is 5.41 Å². The number of hydrogen-bond donors (Lipinski definition) is 0. The Bertz CT molecular complexity index is 3510. The molecule has 6 aromatic carbocycles. The molecule has 11 rings (SSSR count). The van der Waals surface area contributed by atoms with Gasteiger partial charge in [0.2, 0.25) is 0 Å². The second-order valence-corrected chi connectivity index (χ2v) is 16.6. The molecule has 3 aromatic heterocycles. The molecule has 0 fully saturated rings. The largest absolute Gasteiger partial charge is 0.456 e. The average molecular weight is 849 g/mol. The lowest BCUT2D eigenvalue weighted by molar-refractivity contribution is 0.442. The summed E-state index contributed by atoms with van der Waals surface area (Å²) in [5.74, 6) is 1.73. The second-order valence-electron chi connectivity index (χ2n) is 16.6. The van der Waals surface area contributed by atoms with Crippen LogP contribution in [0.25, 0.3) is 72.3 Å². The summed E-state index contributed by atoms with van der Waals surface area (Å²) < 4.78 is 7.15. The van der Waals surface area contributed by atoms with E-state index in [4.69, 9.17) is 14.7 Å². The molecule has 0 saturated carbocycles. The average Bonchev–Trinajstić information content (AvgIpc) is 3.66. The molecule has 0 N–H and O–H groups in total. The number of aliphatic imine (C=N–C) groups is 1. The highest BCUT2D eigenvalue weighted by Crippen LogP contribution is 2.63. The molecule has 314 valence electrons. The van der Waals surface area contributed by atoms with Gasteiger partial charge in [0.05, 0.1) is 39.4 Å². The summed E-state index contributed by atoms with van der Waals surface area (Å²) in [6.45, 7) is 12.1. The monoisotopic (exact) mass is 848 g/mol. The fourth-order valence-electron chi connectivity index (χ4n) is 9.96. The quantitative estimate of drug-likeness (QED) is 0.0825. The Morgan fingerprint density at radius 3 is 2.06 bits per heavy atom. The second kappa shape index (κ2) is 16.5. The first kappa shape index (κ1) is 40.2. The van der Waals surface area contributed by atoms with Gasteiger partial charge in [0.25, 0.3) is 0 Å². The van der Waals surface area contributed by atoms with Gasteiger partial charge in [-0.2, -0.15) is 0 Å². The molecule has 0 atom stereocenters. The summed E-state index contributed by atoms with van der Waals surface area (Å²) in [7, 11) is 0. The first-order valence-corrected chi connectivity index (χ1v) is 22.2. The number of allylic oxidation sites excluding steroid dienone is 7. The summed E-state index contributed by atoms with van der Waals surface area (Å²) in [5, 5.41) is 3.14. The molecule has 1 spiro atoms. The van der Waals surface area contributed by atoms with E-state index in [2.05, 4.69) is 188 Å². The third-order valence-corrected chi connectivity index (χ3v) is 12.9. The molecule has 5 heteroatoms. The van der Waals surface area contributed by atoms with Gasteiger partial charge in [-0.05, 0) is 101 Å². The Morgan fingerprint density at radius 2 is 1.33 bits per heavy atom. The summed E-state index contributed by atoms with van der Waals surface area (Å²) in [6, 6.07) is 57.8. The van der Waals surface area contributed by atoms with Crippen LogP contribution < -0.4 is 4.74 Å². The molecule has 0 radical (unpaired) electrons. The standard InChI is InChI=1S/C61H44N4O/c1-5-18-53(62-7-3)55-37-43(38-56(64-55)54-26-16-17-36-63-54)39(4)28-29-40(6-2)41-30-32-42(33-31-41)59-47-34-35-51-60(58(47)46-21-10-14-25-52(46)65-59)66-57-27-15-13-24-50(57)61(51)48-22-11-8-19-44(48)45-20-9-12-23-49(45)61/h5-38H,1-2H2,3-4H3/b39-28+,40-29+,53-18-,62-7?. The van der Waals surface area contributed by atoms with Crippen LogP contribution in [0.5, 0.6) is 11.5 Å². The van der Waals surface area contributed by atoms with E-state index in [0.717, 1.165) is 101 Å². The van der Waals surface area contributed by atoms with Gasteiger partial charge in [-0.1, -0.05) is 165 Å². The first-order valence-electron chi connectivity index (χ1n) is 22.2. The van der Waals surface area contributed by atoms with Crippen molar-refractivity contribution in [1.82, 2.24) is 15.0 Å². The highest BCUT2D eigenvalue weighted by molar-refractivity contribution is 6.15. The van der Waals surface area contributed by atoms with Crippen LogP contribution in [0.3, 0.4) is 0 Å². The molecule has 1 aliphatic heterocycles. The van der Waals surface area contributed by atoms with E-state index in [9.17, 15) is 0 Å². The Hall–Kier alpha value is -8.54. The molecule has 4 heterocycles. The van der Waals surface area contributed by atoms with Crippen molar-refractivity contribution in [3.05, 3.63) is 253 Å². The van der Waals surface area contributed by atoms with Crippen LogP contribution in [-0.4, -0.2) is 21.2 Å². The zero-order chi connectivity index (χ0) is 44.8. The maximum Gasteiger partial charge on any atom is 0.140 e. The van der Waals surface area contributed by atoms with E-state index in [1.165, 1.54) is 22.3 Å². The van der Waals surface area contributed by atoms with Gasteiger partial charge in [-0.25, -0.2) is 9.97 Å². The van der Waals surface area contributed by atoms with E-state index in [-0.39, 0.29) is 0 Å². The molecule has 5 nitrogen and oxygen atoms in total. The summed E-state index contributed by atoms with van der Waals surface area (Å²) in [5.41, 5.74) is 16.7. The van der Waals surface area contributed by atoms with E-state index in [0.29, 0.717) is 0 Å². The number of aromatic nitrogens is 3. The lowest BCUT2D eigenvalue weighted by atomic mass is 9.65. The van der Waals surface area contributed by atoms with Crippen molar-refractivity contribution >= 4 is 44.7 Å². The zero-order valence-corrected chi connectivity index (χ0v) is 36.7. The number of para-hydroxylation sites is 2. The normalized spacial score (nSPS) is 13.9. The number of nitrogens with zero attached hydrogens (tertiary/aromatic N) is 4. The van der Waals surface area contributed by atoms with Crippen LogP contribution in [0.2, 0.25) is 0 Å². The van der Waals surface area contributed by atoms with Crippen molar-refractivity contribution in [3.8, 4) is 45.3 Å². The van der Waals surface area contributed by atoms with Crippen LogP contribution >= 0.6 is 0 Å². The number of benzene rings is 6. The lowest BCUT2D eigenvalue weighted by Crippen LogP contribution is -2.32. The fraction of sp³-hybridized carbons (Fsp3) is 0.0492. The van der Waals surface area contributed by atoms with Crippen molar-refractivity contribution in [2.24, 2.45) is 4.99 Å². The predicted octanol–water partition coefficient (Wildman–Crippen LogP) is 15.3. The molecule has 0 amide bonds. The van der Waals surface area contributed by atoms with Gasteiger partial charge in [-0.3, -0.25) is 9.98 Å². The molecule has 0 unspecified atom stereocenters. The van der Waals surface area contributed by atoms with E-state index >= 15 is 0 Å². The van der Waals surface area contributed by atoms with Crippen LogP contribution in [-0.2, 0) is 5.41 Å². The molecular weight excluding hydrogens is 805 g/mol. The minimum atomic E-state index is -0.561. The van der Waals surface area contributed by atoms with Crippen LogP contribution in [0.15, 0.2) is 219 Å². The Kier molecular flexibility index (Phi) is 10.1. The van der Waals surface area contributed by atoms with E-state index in [1.54, 1.807) is 18.5 Å². The van der Waals surface area contributed by atoms with Gasteiger partial charge < -0.3 is 4.74 Å². The SMILES string of the molecule is C=C/C=C(\N=CC)c1cc(/C(C)=C/C=C(\C=C)c2ccc(-c3nc4ccccc4c4c5c(ccc34)C3(c4ccccc4O5)c4ccccc4-c4ccccc43)cc2)cc(-c2ccccn2)n1. The van der Waals surface area contributed by atoms with Gasteiger partial charge in [0.15, 0.2) is 0 Å². The number of hydrogen-bond acceptors (Lipinski definition) is 5. The third-order valence-electron chi connectivity index (χ3n) is 12.9. The maximum atomic E-state index is 7.15. The molecular formula is C61H44N4O. The molecule has 66 heavy (non-hydrogen) atoms. The van der Waals surface area contributed by atoms with Crippen LogP contribution in [0, 0.1) is 0 Å². The van der Waals surface area contributed by atoms with Gasteiger partial charge in [0.1, 0.15) is 11.5 Å². The molecule has 9 aromatic rings. The van der Waals surface area contributed by atoms with E-state index in [1.807, 2.05) is 37.3 Å². The smallest absolute Gasteiger partial charge is 0.140 e. The fourth-order valence-corrected chi connectivity index (χ4v) is 9.96. The number of pyridine rings is 3. The molecule has 2 aliphatic rings. The lowest BCUT2D eigenvalue weighted by Gasteiger charge is -2.40. The summed E-state index contributed by atoms with van der Waals surface area (Å²) in [6.07, 6.45) is 13.3. The summed E-state index contributed by atoms with van der Waals surface area (Å²) >= 11 is 0. The molecule has 1 aliphatic carbocycles. The van der Waals surface area contributed by atoms with Gasteiger partial charge >= 0.3 is 0 Å². The highest BCUT2D eigenvalue weighted by Gasteiger charge is 2.51. The highest BCUT2D eigenvalue weighted by atomic mass is 16.5. The zero-order valence-electron chi connectivity index (χ0n) is 36.7. The number of ether oxygens (including phenoxy) is 1. The first-order chi connectivity index (χ1) is 32.5. The van der Waals surface area contributed by atoms with Crippen molar-refractivity contribution < 1.29 is 4.74 Å². The topological polar surface area (TPSA) is 60.3 Å². The van der Waals surface area contributed by atoms with Crippen molar-refractivity contribution in [2.75, 3.05) is 0 Å². The Balaban J connectivity index is 1.02. The van der Waals surface area contributed by atoms with Crippen LogP contribution in [0.4, 0.5) is 0 Å². The summed E-state index contributed by atoms with van der Waals surface area (Å²) in [4.78, 5) is 19.5.